The topological polar surface area (TPSA) is 25.6 Å². The van der Waals surface area contributed by atoms with Crippen LogP contribution in [0.15, 0.2) is 39.4 Å². The standard InChI is InChI=1S/C17H20BrNO2/c1-11-9-19(10-12(2)21-11)14-4-5-17(18)16(8-14)15-6-7-20-13(15)3/h4-8,11-12H,9-10H2,1-3H3. The quantitative estimate of drug-likeness (QED) is 0.790. The van der Waals surface area contributed by atoms with E-state index in [4.69, 9.17) is 9.15 Å². The Labute approximate surface area is 134 Å². The van der Waals surface area contributed by atoms with Crippen LogP contribution in [0.25, 0.3) is 11.1 Å². The molecule has 0 bridgehead atoms. The summed E-state index contributed by atoms with van der Waals surface area (Å²) in [6.45, 7) is 8.10. The fourth-order valence-electron chi connectivity index (χ4n) is 2.97. The predicted octanol–water partition coefficient (Wildman–Crippen LogP) is 4.63. The minimum Gasteiger partial charge on any atom is -0.469 e. The molecule has 21 heavy (non-hydrogen) atoms. The minimum absolute atomic E-state index is 0.261. The molecule has 1 aromatic carbocycles. The summed E-state index contributed by atoms with van der Waals surface area (Å²) in [6, 6.07) is 8.52. The van der Waals surface area contributed by atoms with Crippen LogP contribution in [0, 0.1) is 6.92 Å². The molecule has 0 saturated carbocycles. The van der Waals surface area contributed by atoms with Gasteiger partial charge in [0.25, 0.3) is 0 Å². The Morgan fingerprint density at radius 3 is 2.43 bits per heavy atom. The molecule has 0 amide bonds. The maximum absolute atomic E-state index is 5.82. The summed E-state index contributed by atoms with van der Waals surface area (Å²) in [4.78, 5) is 2.39. The predicted molar refractivity (Wildman–Crippen MR) is 88.8 cm³/mol. The van der Waals surface area contributed by atoms with Gasteiger partial charge in [-0.1, -0.05) is 15.9 Å². The van der Waals surface area contributed by atoms with Crippen LogP contribution in [-0.4, -0.2) is 25.3 Å². The lowest BCUT2D eigenvalue weighted by Gasteiger charge is -2.37. The van der Waals surface area contributed by atoms with Crippen molar-refractivity contribution in [3.05, 3.63) is 40.8 Å². The second kappa shape index (κ2) is 5.85. The van der Waals surface area contributed by atoms with Crippen LogP contribution < -0.4 is 4.90 Å². The monoisotopic (exact) mass is 349 g/mol. The first kappa shape index (κ1) is 14.7. The van der Waals surface area contributed by atoms with E-state index in [0.29, 0.717) is 0 Å². The lowest BCUT2D eigenvalue weighted by molar-refractivity contribution is -0.00521. The number of benzene rings is 1. The molecular weight excluding hydrogens is 330 g/mol. The van der Waals surface area contributed by atoms with Gasteiger partial charge in [-0.25, -0.2) is 0 Å². The molecule has 1 fully saturated rings. The number of nitrogens with zero attached hydrogens (tertiary/aromatic N) is 1. The summed E-state index contributed by atoms with van der Waals surface area (Å²) >= 11 is 3.65. The average molecular weight is 350 g/mol. The van der Waals surface area contributed by atoms with Crippen molar-refractivity contribution in [1.29, 1.82) is 0 Å². The molecule has 2 atom stereocenters. The van der Waals surface area contributed by atoms with Crippen molar-refractivity contribution in [1.82, 2.24) is 0 Å². The Bertz CT molecular complexity index is 627. The summed E-state index contributed by atoms with van der Waals surface area (Å²) in [7, 11) is 0. The van der Waals surface area contributed by atoms with Crippen molar-refractivity contribution in [2.24, 2.45) is 0 Å². The number of rotatable bonds is 2. The van der Waals surface area contributed by atoms with Gasteiger partial charge >= 0.3 is 0 Å². The maximum Gasteiger partial charge on any atom is 0.108 e. The third kappa shape index (κ3) is 3.01. The van der Waals surface area contributed by atoms with Gasteiger partial charge in [-0.2, -0.15) is 0 Å². The van der Waals surface area contributed by atoms with Gasteiger partial charge in [0.15, 0.2) is 0 Å². The molecule has 2 unspecified atom stereocenters. The molecule has 0 aliphatic carbocycles. The molecule has 4 heteroatoms. The number of morpholine rings is 1. The molecule has 3 rings (SSSR count). The van der Waals surface area contributed by atoms with Crippen molar-refractivity contribution >= 4 is 21.6 Å². The second-order valence-corrected chi connectivity index (χ2v) is 6.57. The van der Waals surface area contributed by atoms with Crippen LogP contribution in [0.3, 0.4) is 0 Å². The van der Waals surface area contributed by atoms with Crippen LogP contribution in [-0.2, 0) is 4.74 Å². The average Bonchev–Trinajstić information content (AvgIpc) is 2.84. The summed E-state index contributed by atoms with van der Waals surface area (Å²) in [5.41, 5.74) is 3.54. The van der Waals surface area contributed by atoms with E-state index in [1.165, 1.54) is 11.3 Å². The zero-order chi connectivity index (χ0) is 15.0. The maximum atomic E-state index is 5.82. The van der Waals surface area contributed by atoms with E-state index >= 15 is 0 Å². The van der Waals surface area contributed by atoms with Crippen molar-refractivity contribution in [3.63, 3.8) is 0 Å². The SMILES string of the molecule is Cc1occc1-c1cc(N2CC(C)OC(C)C2)ccc1Br. The second-order valence-electron chi connectivity index (χ2n) is 5.72. The number of furan rings is 1. The number of aryl methyl sites for hydroxylation is 1. The molecular formula is C17H20BrNO2. The van der Waals surface area contributed by atoms with Gasteiger partial charge in [0, 0.05) is 34.4 Å². The van der Waals surface area contributed by atoms with E-state index < -0.39 is 0 Å². The number of hydrogen-bond donors (Lipinski definition) is 0. The van der Waals surface area contributed by atoms with Crippen LogP contribution in [0.1, 0.15) is 19.6 Å². The Balaban J connectivity index is 1.96. The lowest BCUT2D eigenvalue weighted by Crippen LogP contribution is -2.45. The van der Waals surface area contributed by atoms with Crippen LogP contribution in [0.4, 0.5) is 5.69 Å². The third-order valence-electron chi connectivity index (χ3n) is 3.88. The zero-order valence-corrected chi connectivity index (χ0v) is 14.2. The number of ether oxygens (including phenoxy) is 1. The molecule has 1 saturated heterocycles. The van der Waals surface area contributed by atoms with Gasteiger partial charge in [-0.15, -0.1) is 0 Å². The summed E-state index contributed by atoms with van der Waals surface area (Å²) < 4.78 is 12.3. The van der Waals surface area contributed by atoms with Gasteiger partial charge in [-0.3, -0.25) is 0 Å². The van der Waals surface area contributed by atoms with E-state index in [-0.39, 0.29) is 12.2 Å². The zero-order valence-electron chi connectivity index (χ0n) is 12.6. The minimum atomic E-state index is 0.261. The van der Waals surface area contributed by atoms with E-state index in [9.17, 15) is 0 Å². The Morgan fingerprint density at radius 2 is 1.81 bits per heavy atom. The molecule has 0 N–H and O–H groups in total. The number of hydrogen-bond acceptors (Lipinski definition) is 3. The van der Waals surface area contributed by atoms with E-state index in [2.05, 4.69) is 52.9 Å². The molecule has 1 aliphatic rings. The molecule has 2 heterocycles. The van der Waals surface area contributed by atoms with Crippen molar-refractivity contribution in [2.45, 2.75) is 33.0 Å². The summed E-state index contributed by atoms with van der Waals surface area (Å²) in [5.74, 6) is 0.941. The van der Waals surface area contributed by atoms with Gasteiger partial charge in [-0.05, 0) is 45.0 Å². The smallest absolute Gasteiger partial charge is 0.108 e. The van der Waals surface area contributed by atoms with Gasteiger partial charge in [0.2, 0.25) is 0 Å². The summed E-state index contributed by atoms with van der Waals surface area (Å²) in [5, 5.41) is 0. The molecule has 3 nitrogen and oxygen atoms in total. The van der Waals surface area contributed by atoms with Gasteiger partial charge in [0.1, 0.15) is 5.76 Å². The van der Waals surface area contributed by atoms with Crippen LogP contribution in [0.5, 0.6) is 0 Å². The van der Waals surface area contributed by atoms with Crippen LogP contribution in [0.2, 0.25) is 0 Å². The largest absolute Gasteiger partial charge is 0.469 e. The highest BCUT2D eigenvalue weighted by molar-refractivity contribution is 9.10. The normalized spacial score (nSPS) is 22.6. The molecule has 2 aromatic rings. The van der Waals surface area contributed by atoms with Crippen molar-refractivity contribution in [3.8, 4) is 11.1 Å². The van der Waals surface area contributed by atoms with Crippen molar-refractivity contribution < 1.29 is 9.15 Å². The summed E-state index contributed by atoms with van der Waals surface area (Å²) in [6.07, 6.45) is 2.26. The Hall–Kier alpha value is -1.26. The Morgan fingerprint density at radius 1 is 1.10 bits per heavy atom. The highest BCUT2D eigenvalue weighted by atomic mass is 79.9. The van der Waals surface area contributed by atoms with E-state index in [1.54, 1.807) is 6.26 Å². The number of anilines is 1. The molecule has 1 aliphatic heterocycles. The first-order chi connectivity index (χ1) is 10.0. The first-order valence-corrected chi connectivity index (χ1v) is 8.08. The highest BCUT2D eigenvalue weighted by Crippen LogP contribution is 2.35. The highest BCUT2D eigenvalue weighted by Gasteiger charge is 2.23. The lowest BCUT2D eigenvalue weighted by atomic mass is 10.0. The van der Waals surface area contributed by atoms with Crippen molar-refractivity contribution in [2.75, 3.05) is 18.0 Å². The Kier molecular flexibility index (Phi) is 4.09. The molecule has 112 valence electrons. The van der Waals surface area contributed by atoms with Gasteiger partial charge < -0.3 is 14.1 Å². The fourth-order valence-corrected chi connectivity index (χ4v) is 3.43. The van der Waals surface area contributed by atoms with E-state index in [1.807, 2.05) is 13.0 Å². The van der Waals surface area contributed by atoms with Gasteiger partial charge in [0.05, 0.1) is 18.5 Å². The molecule has 1 aromatic heterocycles. The third-order valence-corrected chi connectivity index (χ3v) is 4.58. The van der Waals surface area contributed by atoms with E-state index in [0.717, 1.165) is 28.9 Å². The number of halogens is 1. The molecule has 0 radical (unpaired) electrons. The van der Waals surface area contributed by atoms with Crippen LogP contribution >= 0.6 is 15.9 Å². The fraction of sp³-hybridized carbons (Fsp3) is 0.412. The molecule has 0 spiro atoms. The first-order valence-electron chi connectivity index (χ1n) is 7.29.